The number of aromatic nitrogens is 2. The number of carbonyl (C=O) groups is 1. The van der Waals surface area contributed by atoms with E-state index in [2.05, 4.69) is 4.98 Å². The van der Waals surface area contributed by atoms with Gasteiger partial charge in [-0.25, -0.2) is 4.98 Å². The fraction of sp³-hybridized carbons (Fsp3) is 0.500. The number of carbonyl (C=O) groups excluding carboxylic acids is 1. The molecule has 6 nitrogen and oxygen atoms in total. The quantitative estimate of drug-likeness (QED) is 0.803. The van der Waals surface area contributed by atoms with Crippen LogP contribution in [-0.4, -0.2) is 52.3 Å². The molecule has 2 aromatic rings. The first-order valence-corrected chi connectivity index (χ1v) is 7.69. The van der Waals surface area contributed by atoms with E-state index in [4.69, 9.17) is 9.47 Å². The average molecular weight is 301 g/mol. The molecule has 0 bridgehead atoms. The van der Waals surface area contributed by atoms with Crippen LogP contribution >= 0.6 is 0 Å². The second-order valence-electron chi connectivity index (χ2n) is 5.86. The average Bonchev–Trinajstić information content (AvgIpc) is 3.13. The Morgan fingerprint density at radius 1 is 1.23 bits per heavy atom. The Morgan fingerprint density at radius 3 is 2.68 bits per heavy atom. The zero-order valence-corrected chi connectivity index (χ0v) is 12.6. The van der Waals surface area contributed by atoms with Gasteiger partial charge in [0.15, 0.2) is 11.5 Å². The van der Waals surface area contributed by atoms with Crippen molar-refractivity contribution < 1.29 is 14.3 Å². The highest BCUT2D eigenvalue weighted by atomic mass is 16.7. The Hall–Kier alpha value is -1.92. The van der Waals surface area contributed by atoms with Crippen LogP contribution in [0.4, 0.5) is 0 Å². The summed E-state index contributed by atoms with van der Waals surface area (Å²) in [6, 6.07) is 5.80. The van der Waals surface area contributed by atoms with E-state index >= 15 is 0 Å². The van der Waals surface area contributed by atoms with E-state index in [1.807, 2.05) is 40.6 Å². The molecule has 0 aromatic carbocycles. The summed E-state index contributed by atoms with van der Waals surface area (Å²) in [5.74, 6) is 0.364. The standard InChI is InChI=1S/C16H19N3O3/c1-12-17-14(13-4-2-3-7-19(12)13)15(20)18-8-5-16(6-9-18)21-10-11-22-16/h2-4,7H,5-6,8-11H2,1H3. The van der Waals surface area contributed by atoms with Crippen molar-refractivity contribution in [2.75, 3.05) is 26.3 Å². The van der Waals surface area contributed by atoms with E-state index in [0.29, 0.717) is 32.0 Å². The summed E-state index contributed by atoms with van der Waals surface area (Å²) in [6.45, 7) is 4.50. The second kappa shape index (κ2) is 5.07. The first kappa shape index (κ1) is 13.7. The molecule has 4 heterocycles. The number of likely N-dealkylation sites (tertiary alicyclic amines) is 1. The van der Waals surface area contributed by atoms with Gasteiger partial charge in [0.05, 0.1) is 18.7 Å². The molecular formula is C16H19N3O3. The number of nitrogens with zero attached hydrogens (tertiary/aromatic N) is 3. The van der Waals surface area contributed by atoms with E-state index < -0.39 is 5.79 Å². The number of imidazole rings is 1. The van der Waals surface area contributed by atoms with Gasteiger partial charge in [-0.3, -0.25) is 4.79 Å². The van der Waals surface area contributed by atoms with Gasteiger partial charge in [-0.1, -0.05) is 6.07 Å². The minimum Gasteiger partial charge on any atom is -0.347 e. The first-order valence-electron chi connectivity index (χ1n) is 7.69. The fourth-order valence-electron chi connectivity index (χ4n) is 3.33. The number of rotatable bonds is 1. The molecule has 22 heavy (non-hydrogen) atoms. The lowest BCUT2D eigenvalue weighted by molar-refractivity contribution is -0.181. The van der Waals surface area contributed by atoms with E-state index in [0.717, 1.165) is 24.2 Å². The van der Waals surface area contributed by atoms with E-state index in [-0.39, 0.29) is 5.91 Å². The number of amides is 1. The largest absolute Gasteiger partial charge is 0.347 e. The molecule has 2 aliphatic heterocycles. The SMILES string of the molecule is Cc1nc(C(=O)N2CCC3(CC2)OCCO3)c2ccccn12. The van der Waals surface area contributed by atoms with Crippen molar-refractivity contribution in [3.63, 3.8) is 0 Å². The van der Waals surface area contributed by atoms with Gasteiger partial charge in [-0.05, 0) is 19.1 Å². The zero-order valence-electron chi connectivity index (χ0n) is 12.6. The molecule has 6 heteroatoms. The van der Waals surface area contributed by atoms with Gasteiger partial charge in [-0.15, -0.1) is 0 Å². The van der Waals surface area contributed by atoms with Crippen molar-refractivity contribution in [1.29, 1.82) is 0 Å². The van der Waals surface area contributed by atoms with Crippen LogP contribution in [0.25, 0.3) is 5.52 Å². The molecule has 0 N–H and O–H groups in total. The Labute approximate surface area is 128 Å². The second-order valence-corrected chi connectivity index (χ2v) is 5.86. The van der Waals surface area contributed by atoms with Gasteiger partial charge >= 0.3 is 0 Å². The number of aryl methyl sites for hydroxylation is 1. The topological polar surface area (TPSA) is 56.1 Å². The molecule has 2 aromatic heterocycles. The van der Waals surface area contributed by atoms with E-state index in [9.17, 15) is 4.79 Å². The maximum absolute atomic E-state index is 12.8. The van der Waals surface area contributed by atoms with Crippen LogP contribution in [0.5, 0.6) is 0 Å². The van der Waals surface area contributed by atoms with Gasteiger partial charge < -0.3 is 18.8 Å². The molecule has 0 saturated carbocycles. The Morgan fingerprint density at radius 2 is 1.95 bits per heavy atom. The molecule has 0 aliphatic carbocycles. The highest BCUT2D eigenvalue weighted by molar-refractivity contribution is 5.99. The van der Waals surface area contributed by atoms with Crippen molar-refractivity contribution >= 4 is 11.4 Å². The summed E-state index contributed by atoms with van der Waals surface area (Å²) in [6.07, 6.45) is 3.38. The van der Waals surface area contributed by atoms with E-state index in [1.54, 1.807) is 0 Å². The van der Waals surface area contributed by atoms with Crippen LogP contribution < -0.4 is 0 Å². The number of fused-ring (bicyclic) bond motifs is 1. The Kier molecular flexibility index (Phi) is 3.16. The number of piperidine rings is 1. The molecule has 0 unspecified atom stereocenters. The van der Waals surface area contributed by atoms with Crippen LogP contribution in [0, 0.1) is 6.92 Å². The third-order valence-corrected chi connectivity index (χ3v) is 4.55. The number of ether oxygens (including phenoxy) is 2. The molecule has 0 radical (unpaired) electrons. The van der Waals surface area contributed by atoms with Crippen LogP contribution in [-0.2, 0) is 9.47 Å². The fourth-order valence-corrected chi connectivity index (χ4v) is 3.33. The smallest absolute Gasteiger partial charge is 0.274 e. The monoisotopic (exact) mass is 301 g/mol. The maximum Gasteiger partial charge on any atom is 0.274 e. The molecule has 4 rings (SSSR count). The van der Waals surface area contributed by atoms with Crippen molar-refractivity contribution in [1.82, 2.24) is 14.3 Å². The lowest BCUT2D eigenvalue weighted by Gasteiger charge is -2.37. The number of hydrogen-bond donors (Lipinski definition) is 0. The predicted molar refractivity (Wildman–Crippen MR) is 79.7 cm³/mol. The summed E-state index contributed by atoms with van der Waals surface area (Å²) >= 11 is 0. The van der Waals surface area contributed by atoms with E-state index in [1.165, 1.54) is 0 Å². The van der Waals surface area contributed by atoms with Gasteiger partial charge in [0, 0.05) is 32.1 Å². The van der Waals surface area contributed by atoms with Crippen molar-refractivity contribution in [2.45, 2.75) is 25.6 Å². The third kappa shape index (κ3) is 2.10. The Balaban J connectivity index is 1.57. The lowest BCUT2D eigenvalue weighted by Crippen LogP contribution is -2.47. The molecule has 2 saturated heterocycles. The van der Waals surface area contributed by atoms with Crippen LogP contribution in [0.2, 0.25) is 0 Å². The zero-order chi connectivity index (χ0) is 15.2. The summed E-state index contributed by atoms with van der Waals surface area (Å²) in [4.78, 5) is 19.1. The molecule has 1 amide bonds. The minimum atomic E-state index is -0.455. The molecule has 2 aliphatic rings. The van der Waals surface area contributed by atoms with Gasteiger partial charge in [0.25, 0.3) is 5.91 Å². The first-order chi connectivity index (χ1) is 10.7. The van der Waals surface area contributed by atoms with Crippen LogP contribution in [0.3, 0.4) is 0 Å². The third-order valence-electron chi connectivity index (χ3n) is 4.55. The maximum atomic E-state index is 12.8. The summed E-state index contributed by atoms with van der Waals surface area (Å²) < 4.78 is 13.4. The lowest BCUT2D eigenvalue weighted by atomic mass is 10.0. The Bertz CT molecular complexity index is 708. The summed E-state index contributed by atoms with van der Waals surface area (Å²) in [7, 11) is 0. The summed E-state index contributed by atoms with van der Waals surface area (Å²) in [5.41, 5.74) is 1.39. The van der Waals surface area contributed by atoms with Crippen molar-refractivity contribution in [3.05, 3.63) is 35.9 Å². The van der Waals surface area contributed by atoms with Crippen LogP contribution in [0.1, 0.15) is 29.2 Å². The molecule has 0 atom stereocenters. The van der Waals surface area contributed by atoms with Crippen molar-refractivity contribution in [3.8, 4) is 0 Å². The number of hydrogen-bond acceptors (Lipinski definition) is 4. The highest BCUT2D eigenvalue weighted by Gasteiger charge is 2.41. The molecule has 116 valence electrons. The highest BCUT2D eigenvalue weighted by Crippen LogP contribution is 2.31. The summed E-state index contributed by atoms with van der Waals surface area (Å²) in [5, 5.41) is 0. The van der Waals surface area contributed by atoms with Gasteiger partial charge in [0.1, 0.15) is 5.82 Å². The minimum absolute atomic E-state index is 0.00959. The van der Waals surface area contributed by atoms with Crippen molar-refractivity contribution in [2.24, 2.45) is 0 Å². The van der Waals surface area contributed by atoms with Crippen LogP contribution in [0.15, 0.2) is 24.4 Å². The number of pyridine rings is 1. The normalized spacial score (nSPS) is 20.9. The molecule has 2 fully saturated rings. The van der Waals surface area contributed by atoms with Gasteiger partial charge in [-0.2, -0.15) is 0 Å². The van der Waals surface area contributed by atoms with Gasteiger partial charge in [0.2, 0.25) is 0 Å². The molecule has 1 spiro atoms. The predicted octanol–water partition coefficient (Wildman–Crippen LogP) is 1.62. The molecular weight excluding hydrogens is 282 g/mol.